The molecular weight excluding hydrogens is 360 g/mol. The zero-order valence-electron chi connectivity index (χ0n) is 14.7. The van der Waals surface area contributed by atoms with E-state index in [1.807, 2.05) is 30.3 Å². The number of aromatic nitrogens is 2. The van der Waals surface area contributed by atoms with E-state index in [0.717, 1.165) is 11.1 Å². The molecule has 0 radical (unpaired) electrons. The maximum atomic E-state index is 12.5. The summed E-state index contributed by atoms with van der Waals surface area (Å²) >= 11 is 0. The van der Waals surface area contributed by atoms with E-state index >= 15 is 0 Å². The summed E-state index contributed by atoms with van der Waals surface area (Å²) in [5, 5.41) is 5.43. The first-order chi connectivity index (χ1) is 13.6. The number of nitrogens with one attached hydrogen (secondary N) is 3. The average Bonchev–Trinajstić information content (AvgIpc) is 2.72. The number of carbonyl (C=O) groups excluding carboxylic acids is 2. The van der Waals surface area contributed by atoms with Gasteiger partial charge in [0.05, 0.1) is 11.4 Å². The Morgan fingerprint density at radius 1 is 1.11 bits per heavy atom. The number of benzene rings is 2. The van der Waals surface area contributed by atoms with E-state index in [4.69, 9.17) is 4.74 Å². The molecule has 0 unspecified atom stereocenters. The van der Waals surface area contributed by atoms with Crippen LogP contribution in [0, 0.1) is 0 Å². The molecule has 1 aliphatic heterocycles. The third kappa shape index (κ3) is 3.75. The predicted molar refractivity (Wildman–Crippen MR) is 102 cm³/mol. The van der Waals surface area contributed by atoms with Gasteiger partial charge in [0.25, 0.3) is 17.4 Å². The molecule has 3 aromatic rings. The van der Waals surface area contributed by atoms with E-state index in [1.165, 1.54) is 6.07 Å². The fourth-order valence-corrected chi connectivity index (χ4v) is 2.83. The Balaban J connectivity index is 1.50. The number of carbonyl (C=O) groups is 2. The number of hydrogen-bond acceptors (Lipinski definition) is 5. The number of fused-ring (bicyclic) bond motifs is 1. The molecule has 1 aliphatic rings. The Kier molecular flexibility index (Phi) is 4.59. The number of anilines is 1. The van der Waals surface area contributed by atoms with Crippen molar-refractivity contribution in [2.24, 2.45) is 0 Å². The molecule has 140 valence electrons. The Bertz CT molecular complexity index is 1110. The Morgan fingerprint density at radius 3 is 2.75 bits per heavy atom. The van der Waals surface area contributed by atoms with Gasteiger partial charge in [-0.2, -0.15) is 0 Å². The second-order valence-electron chi connectivity index (χ2n) is 6.20. The molecule has 4 rings (SSSR count). The minimum absolute atomic E-state index is 0.0140. The van der Waals surface area contributed by atoms with Gasteiger partial charge in [0.2, 0.25) is 0 Å². The summed E-state index contributed by atoms with van der Waals surface area (Å²) in [6, 6.07) is 15.7. The van der Waals surface area contributed by atoms with Crippen molar-refractivity contribution in [1.82, 2.24) is 15.3 Å². The van der Waals surface area contributed by atoms with Gasteiger partial charge in [0.1, 0.15) is 5.75 Å². The maximum absolute atomic E-state index is 12.5. The van der Waals surface area contributed by atoms with Crippen LogP contribution >= 0.6 is 0 Å². The van der Waals surface area contributed by atoms with Gasteiger partial charge in [-0.05, 0) is 17.7 Å². The molecule has 2 amide bonds. The van der Waals surface area contributed by atoms with Crippen molar-refractivity contribution in [3.05, 3.63) is 76.3 Å². The van der Waals surface area contributed by atoms with E-state index in [1.54, 1.807) is 18.2 Å². The van der Waals surface area contributed by atoms with Gasteiger partial charge in [0, 0.05) is 18.2 Å². The zero-order chi connectivity index (χ0) is 19.5. The van der Waals surface area contributed by atoms with Crippen LogP contribution in [0.3, 0.4) is 0 Å². The van der Waals surface area contributed by atoms with Crippen LogP contribution in [0.2, 0.25) is 0 Å². The lowest BCUT2D eigenvalue weighted by Gasteiger charge is -2.18. The quantitative estimate of drug-likeness (QED) is 0.641. The van der Waals surface area contributed by atoms with Crippen molar-refractivity contribution in [1.29, 1.82) is 0 Å². The summed E-state index contributed by atoms with van der Waals surface area (Å²) in [5.74, 6) is -0.224. The standard InChI is InChI=1S/C20H16N4O4/c25-17-9-14(13-4-2-1-3-5-13)23-19(24-17)20(27)21-10-12-6-7-16-15(8-12)22-18(26)11-28-16/h1-9H,10-11H2,(H,21,27)(H,22,26)(H,23,24,25). The van der Waals surface area contributed by atoms with Gasteiger partial charge in [-0.3, -0.25) is 14.4 Å². The summed E-state index contributed by atoms with van der Waals surface area (Å²) in [4.78, 5) is 42.5. The van der Waals surface area contributed by atoms with Crippen molar-refractivity contribution < 1.29 is 14.3 Å². The van der Waals surface area contributed by atoms with Crippen LogP contribution in [-0.2, 0) is 11.3 Å². The van der Waals surface area contributed by atoms with Crippen LogP contribution in [0.1, 0.15) is 16.2 Å². The third-order valence-corrected chi connectivity index (χ3v) is 4.16. The molecule has 28 heavy (non-hydrogen) atoms. The molecular formula is C20H16N4O4. The Labute approximate surface area is 159 Å². The lowest BCUT2D eigenvalue weighted by molar-refractivity contribution is -0.118. The van der Waals surface area contributed by atoms with Gasteiger partial charge in [-0.1, -0.05) is 36.4 Å². The van der Waals surface area contributed by atoms with Crippen LogP contribution in [0.4, 0.5) is 5.69 Å². The van der Waals surface area contributed by atoms with E-state index in [0.29, 0.717) is 17.1 Å². The fourth-order valence-electron chi connectivity index (χ4n) is 2.83. The molecule has 0 saturated carbocycles. The summed E-state index contributed by atoms with van der Waals surface area (Å²) in [7, 11) is 0. The molecule has 2 heterocycles. The highest BCUT2D eigenvalue weighted by Gasteiger charge is 2.16. The van der Waals surface area contributed by atoms with Crippen LogP contribution in [0.5, 0.6) is 5.75 Å². The van der Waals surface area contributed by atoms with Crippen LogP contribution in [0.25, 0.3) is 11.3 Å². The van der Waals surface area contributed by atoms with Gasteiger partial charge in [-0.15, -0.1) is 0 Å². The summed E-state index contributed by atoms with van der Waals surface area (Å²) in [6.45, 7) is 0.182. The molecule has 0 fully saturated rings. The SMILES string of the molecule is O=C1COc2ccc(CNC(=O)c3nc(-c4ccccc4)cc(=O)[nH]3)cc2N1. The van der Waals surface area contributed by atoms with Crippen molar-refractivity contribution in [3.63, 3.8) is 0 Å². The predicted octanol–water partition coefficient (Wildman–Crippen LogP) is 1.70. The van der Waals surface area contributed by atoms with Gasteiger partial charge >= 0.3 is 0 Å². The largest absolute Gasteiger partial charge is 0.482 e. The number of H-pyrrole nitrogens is 1. The van der Waals surface area contributed by atoms with E-state index in [-0.39, 0.29) is 24.9 Å². The first kappa shape index (κ1) is 17.5. The highest BCUT2D eigenvalue weighted by Crippen LogP contribution is 2.28. The van der Waals surface area contributed by atoms with Crippen molar-refractivity contribution >= 4 is 17.5 Å². The first-order valence-corrected chi connectivity index (χ1v) is 8.59. The first-order valence-electron chi connectivity index (χ1n) is 8.59. The van der Waals surface area contributed by atoms with Crippen molar-refractivity contribution in [3.8, 4) is 17.0 Å². The Morgan fingerprint density at radius 2 is 1.93 bits per heavy atom. The molecule has 8 nitrogen and oxygen atoms in total. The van der Waals surface area contributed by atoms with Gasteiger partial charge < -0.3 is 20.4 Å². The summed E-state index contributed by atoms with van der Waals surface area (Å²) in [6.07, 6.45) is 0. The number of hydrogen-bond donors (Lipinski definition) is 3. The van der Waals surface area contributed by atoms with E-state index < -0.39 is 11.5 Å². The number of amides is 2. The topological polar surface area (TPSA) is 113 Å². The lowest BCUT2D eigenvalue weighted by atomic mass is 10.1. The molecule has 0 saturated heterocycles. The molecule has 0 spiro atoms. The van der Waals surface area contributed by atoms with Gasteiger partial charge in [-0.25, -0.2) is 4.98 Å². The number of rotatable bonds is 4. The average molecular weight is 376 g/mol. The minimum Gasteiger partial charge on any atom is -0.482 e. The van der Waals surface area contributed by atoms with E-state index in [2.05, 4.69) is 20.6 Å². The summed E-state index contributed by atoms with van der Waals surface area (Å²) < 4.78 is 5.30. The normalized spacial score (nSPS) is 12.5. The highest BCUT2D eigenvalue weighted by atomic mass is 16.5. The van der Waals surface area contributed by atoms with Crippen LogP contribution < -0.4 is 20.9 Å². The smallest absolute Gasteiger partial charge is 0.287 e. The third-order valence-electron chi connectivity index (χ3n) is 4.16. The van der Waals surface area contributed by atoms with Crippen molar-refractivity contribution in [2.75, 3.05) is 11.9 Å². The zero-order valence-corrected chi connectivity index (χ0v) is 14.7. The van der Waals surface area contributed by atoms with Gasteiger partial charge in [0.15, 0.2) is 12.4 Å². The van der Waals surface area contributed by atoms with Crippen LogP contribution in [0.15, 0.2) is 59.4 Å². The lowest BCUT2D eigenvalue weighted by Crippen LogP contribution is -2.28. The molecule has 1 aromatic heterocycles. The summed E-state index contributed by atoms with van der Waals surface area (Å²) in [5.41, 5.74) is 2.07. The van der Waals surface area contributed by atoms with Crippen LogP contribution in [-0.4, -0.2) is 28.4 Å². The maximum Gasteiger partial charge on any atom is 0.287 e. The number of ether oxygens (including phenoxy) is 1. The number of aromatic amines is 1. The molecule has 2 aromatic carbocycles. The molecule has 0 atom stereocenters. The molecule has 0 aliphatic carbocycles. The highest BCUT2D eigenvalue weighted by molar-refractivity contribution is 5.95. The second-order valence-corrected chi connectivity index (χ2v) is 6.20. The molecule has 8 heteroatoms. The Hall–Kier alpha value is -3.94. The van der Waals surface area contributed by atoms with Crippen molar-refractivity contribution in [2.45, 2.75) is 6.54 Å². The molecule has 3 N–H and O–H groups in total. The fraction of sp³-hybridized carbons (Fsp3) is 0.100. The minimum atomic E-state index is -0.507. The van der Waals surface area contributed by atoms with E-state index in [9.17, 15) is 14.4 Å². The molecule has 0 bridgehead atoms. The number of nitrogens with zero attached hydrogens (tertiary/aromatic N) is 1. The second kappa shape index (κ2) is 7.36. The monoisotopic (exact) mass is 376 g/mol.